The zero-order chi connectivity index (χ0) is 17.5. The fourth-order valence-electron chi connectivity index (χ4n) is 2.38. The third kappa shape index (κ3) is 4.07. The summed E-state index contributed by atoms with van der Waals surface area (Å²) < 4.78 is 10.1. The van der Waals surface area contributed by atoms with Crippen molar-refractivity contribution in [3.63, 3.8) is 0 Å². The van der Waals surface area contributed by atoms with Gasteiger partial charge in [-0.1, -0.05) is 0 Å². The first-order valence-electron chi connectivity index (χ1n) is 7.64. The maximum atomic E-state index is 12.4. The van der Waals surface area contributed by atoms with Crippen molar-refractivity contribution in [3.05, 3.63) is 23.8 Å². The number of piperazine rings is 1. The van der Waals surface area contributed by atoms with Gasteiger partial charge in [0.15, 0.2) is 0 Å². The Morgan fingerprint density at radius 2 is 1.92 bits per heavy atom. The molecule has 0 aliphatic carbocycles. The predicted octanol–water partition coefficient (Wildman–Crippen LogP) is 1.87. The van der Waals surface area contributed by atoms with Crippen molar-refractivity contribution in [2.75, 3.05) is 45.2 Å². The summed E-state index contributed by atoms with van der Waals surface area (Å²) in [5.74, 6) is 0.479. The number of rotatable bonds is 3. The molecule has 1 saturated heterocycles. The summed E-state index contributed by atoms with van der Waals surface area (Å²) in [6.07, 6.45) is -0.360. The van der Waals surface area contributed by atoms with Crippen LogP contribution in [0.1, 0.15) is 12.5 Å². The van der Waals surface area contributed by atoms with E-state index in [0.717, 1.165) is 0 Å². The zero-order valence-corrected chi connectivity index (χ0v) is 13.7. The maximum Gasteiger partial charge on any atom is 0.409 e. The van der Waals surface area contributed by atoms with Crippen LogP contribution in [-0.2, 0) is 4.74 Å². The third-order valence-corrected chi connectivity index (χ3v) is 3.66. The number of ether oxygens (including phenoxy) is 2. The Morgan fingerprint density at radius 3 is 2.50 bits per heavy atom. The van der Waals surface area contributed by atoms with Gasteiger partial charge in [0, 0.05) is 26.2 Å². The molecule has 0 atom stereocenters. The normalized spacial score (nSPS) is 13.9. The van der Waals surface area contributed by atoms with Crippen LogP contribution in [0.4, 0.5) is 15.3 Å². The first-order chi connectivity index (χ1) is 11.6. The molecule has 1 aliphatic heterocycles. The van der Waals surface area contributed by atoms with E-state index in [9.17, 15) is 9.59 Å². The highest BCUT2D eigenvalue weighted by Gasteiger charge is 2.25. The lowest BCUT2D eigenvalue weighted by Crippen LogP contribution is -2.51. The number of hydrogen-bond donors (Lipinski definition) is 1. The Labute approximate surface area is 140 Å². The highest BCUT2D eigenvalue weighted by atomic mass is 16.6. The minimum atomic E-state index is -0.360. The van der Waals surface area contributed by atoms with Gasteiger partial charge in [0.1, 0.15) is 5.75 Å². The average molecular weight is 332 g/mol. The zero-order valence-electron chi connectivity index (χ0n) is 13.7. The molecule has 0 bridgehead atoms. The van der Waals surface area contributed by atoms with E-state index in [0.29, 0.717) is 49.8 Å². The summed E-state index contributed by atoms with van der Waals surface area (Å²) in [6, 6.07) is 6.53. The van der Waals surface area contributed by atoms with Crippen LogP contribution in [-0.4, -0.2) is 61.8 Å². The Bertz CT molecular complexity index is 648. The SMILES string of the molecule is CCOC(=O)N1CCN(C(=O)Nc2cc(C#N)ccc2OC)CC1. The van der Waals surface area contributed by atoms with E-state index < -0.39 is 0 Å². The number of nitrogens with zero attached hydrogens (tertiary/aromatic N) is 3. The summed E-state index contributed by atoms with van der Waals surface area (Å²) in [4.78, 5) is 27.2. The van der Waals surface area contributed by atoms with Crippen molar-refractivity contribution in [3.8, 4) is 11.8 Å². The quantitative estimate of drug-likeness (QED) is 0.912. The van der Waals surface area contributed by atoms with Crippen LogP contribution < -0.4 is 10.1 Å². The molecule has 1 aromatic rings. The standard InChI is InChI=1S/C16H20N4O4/c1-3-24-16(22)20-8-6-19(7-9-20)15(21)18-13-10-12(11-17)4-5-14(13)23-2/h4-5,10H,3,6-9H2,1-2H3,(H,18,21). The fraction of sp³-hybridized carbons (Fsp3) is 0.438. The molecule has 0 unspecified atom stereocenters. The van der Waals surface area contributed by atoms with Crippen molar-refractivity contribution in [2.45, 2.75) is 6.92 Å². The number of hydrogen-bond acceptors (Lipinski definition) is 5. The molecule has 0 radical (unpaired) electrons. The first-order valence-corrected chi connectivity index (χ1v) is 7.64. The number of carbonyl (C=O) groups excluding carboxylic acids is 2. The van der Waals surface area contributed by atoms with Crippen LogP contribution in [0, 0.1) is 11.3 Å². The molecule has 0 saturated carbocycles. The van der Waals surface area contributed by atoms with Crippen LogP contribution in [0.15, 0.2) is 18.2 Å². The topological polar surface area (TPSA) is 94.9 Å². The summed E-state index contributed by atoms with van der Waals surface area (Å²) >= 11 is 0. The number of nitrogens with one attached hydrogen (secondary N) is 1. The Morgan fingerprint density at radius 1 is 1.25 bits per heavy atom. The van der Waals surface area contributed by atoms with Crippen molar-refractivity contribution in [1.82, 2.24) is 9.80 Å². The summed E-state index contributed by atoms with van der Waals surface area (Å²) in [5.41, 5.74) is 0.868. The van der Waals surface area contributed by atoms with E-state index >= 15 is 0 Å². The first kappa shape index (κ1) is 17.4. The summed E-state index contributed by atoms with van der Waals surface area (Å²) in [5, 5.41) is 11.7. The minimum Gasteiger partial charge on any atom is -0.495 e. The number of nitriles is 1. The van der Waals surface area contributed by atoms with Crippen molar-refractivity contribution in [2.24, 2.45) is 0 Å². The van der Waals surface area contributed by atoms with E-state index in [1.165, 1.54) is 7.11 Å². The lowest BCUT2D eigenvalue weighted by molar-refractivity contribution is 0.0868. The molecule has 0 spiro atoms. The maximum absolute atomic E-state index is 12.4. The van der Waals surface area contributed by atoms with Gasteiger partial charge >= 0.3 is 12.1 Å². The highest BCUT2D eigenvalue weighted by molar-refractivity contribution is 5.91. The molecule has 1 fully saturated rings. The molecule has 1 N–H and O–H groups in total. The Balaban J connectivity index is 1.97. The van der Waals surface area contributed by atoms with Crippen LogP contribution >= 0.6 is 0 Å². The molecule has 0 aromatic heterocycles. The number of amides is 3. The number of urea groups is 1. The summed E-state index contributed by atoms with van der Waals surface area (Å²) in [7, 11) is 1.50. The smallest absolute Gasteiger partial charge is 0.409 e. The minimum absolute atomic E-state index is 0.299. The third-order valence-electron chi connectivity index (χ3n) is 3.66. The second kappa shape index (κ2) is 8.06. The highest BCUT2D eigenvalue weighted by Crippen LogP contribution is 2.25. The second-order valence-corrected chi connectivity index (χ2v) is 5.13. The molecular formula is C16H20N4O4. The number of anilines is 1. The van der Waals surface area contributed by atoms with E-state index in [2.05, 4.69) is 5.32 Å². The van der Waals surface area contributed by atoms with Crippen LogP contribution in [0.3, 0.4) is 0 Å². The lowest BCUT2D eigenvalue weighted by Gasteiger charge is -2.34. The average Bonchev–Trinajstić information content (AvgIpc) is 2.62. The van der Waals surface area contributed by atoms with Gasteiger partial charge in [0.05, 0.1) is 31.0 Å². The molecule has 1 heterocycles. The van der Waals surface area contributed by atoms with E-state index in [4.69, 9.17) is 14.7 Å². The molecule has 24 heavy (non-hydrogen) atoms. The molecule has 1 aromatic carbocycles. The van der Waals surface area contributed by atoms with Gasteiger partial charge in [-0.25, -0.2) is 9.59 Å². The number of benzene rings is 1. The van der Waals surface area contributed by atoms with E-state index in [-0.39, 0.29) is 12.1 Å². The van der Waals surface area contributed by atoms with Crippen molar-refractivity contribution >= 4 is 17.8 Å². The number of methoxy groups -OCH3 is 1. The van der Waals surface area contributed by atoms with Gasteiger partial charge in [-0.2, -0.15) is 5.26 Å². The molecule has 8 heteroatoms. The molecule has 3 amide bonds. The van der Waals surface area contributed by atoms with Gasteiger partial charge < -0.3 is 24.6 Å². The van der Waals surface area contributed by atoms with Crippen LogP contribution in [0.2, 0.25) is 0 Å². The largest absolute Gasteiger partial charge is 0.495 e. The van der Waals surface area contributed by atoms with E-state index in [1.807, 2.05) is 6.07 Å². The molecular weight excluding hydrogens is 312 g/mol. The molecule has 128 valence electrons. The molecule has 2 rings (SSSR count). The van der Waals surface area contributed by atoms with Crippen LogP contribution in [0.25, 0.3) is 0 Å². The van der Waals surface area contributed by atoms with Gasteiger partial charge in [-0.05, 0) is 25.1 Å². The van der Waals surface area contributed by atoms with Crippen molar-refractivity contribution < 1.29 is 19.1 Å². The van der Waals surface area contributed by atoms with Gasteiger partial charge in [-0.3, -0.25) is 0 Å². The molecule has 8 nitrogen and oxygen atoms in total. The molecule has 1 aliphatic rings. The lowest BCUT2D eigenvalue weighted by atomic mass is 10.2. The van der Waals surface area contributed by atoms with Gasteiger partial charge in [0.2, 0.25) is 0 Å². The summed E-state index contributed by atoms with van der Waals surface area (Å²) in [6.45, 7) is 3.73. The fourth-order valence-corrected chi connectivity index (χ4v) is 2.38. The van der Waals surface area contributed by atoms with Gasteiger partial charge in [-0.15, -0.1) is 0 Å². The number of carbonyl (C=O) groups is 2. The van der Waals surface area contributed by atoms with Gasteiger partial charge in [0.25, 0.3) is 0 Å². The monoisotopic (exact) mass is 332 g/mol. The predicted molar refractivity (Wildman–Crippen MR) is 86.9 cm³/mol. The van der Waals surface area contributed by atoms with Crippen molar-refractivity contribution in [1.29, 1.82) is 5.26 Å². The Hall–Kier alpha value is -2.95. The van der Waals surface area contributed by atoms with Crippen LogP contribution in [0.5, 0.6) is 5.75 Å². The van der Waals surface area contributed by atoms with E-state index in [1.54, 1.807) is 34.9 Å². The second-order valence-electron chi connectivity index (χ2n) is 5.13. The Kier molecular flexibility index (Phi) is 5.84.